The second kappa shape index (κ2) is 7.90. The number of carbonyl (C=O) groups excluding carboxylic acids is 1. The highest BCUT2D eigenvalue weighted by atomic mass is 19.1. The largest absolute Gasteiger partial charge is 0.369 e. The topological polar surface area (TPSA) is 107 Å². The fourth-order valence-electron chi connectivity index (χ4n) is 3.76. The predicted octanol–water partition coefficient (Wildman–Crippen LogP) is 2.56. The molecule has 1 fully saturated rings. The predicted molar refractivity (Wildman–Crippen MR) is 106 cm³/mol. The Kier molecular flexibility index (Phi) is 5.16. The first-order valence-corrected chi connectivity index (χ1v) is 9.47. The molecule has 1 aliphatic rings. The lowest BCUT2D eigenvalue weighted by Gasteiger charge is -2.41. The molecule has 1 atom stereocenters. The van der Waals surface area contributed by atoms with Crippen LogP contribution in [0.5, 0.6) is 0 Å². The van der Waals surface area contributed by atoms with E-state index in [-0.39, 0.29) is 11.2 Å². The second-order valence-corrected chi connectivity index (χ2v) is 7.28. The van der Waals surface area contributed by atoms with E-state index in [0.717, 1.165) is 19.3 Å². The molecular weight excluding hydrogens is 371 g/mol. The first-order valence-electron chi connectivity index (χ1n) is 9.47. The van der Waals surface area contributed by atoms with Crippen LogP contribution in [-0.2, 0) is 10.2 Å². The first-order chi connectivity index (χ1) is 14.1. The molecule has 3 N–H and O–H groups in total. The van der Waals surface area contributed by atoms with Gasteiger partial charge in [-0.1, -0.05) is 6.42 Å². The lowest BCUT2D eigenvalue weighted by Crippen LogP contribution is -2.42. The summed E-state index contributed by atoms with van der Waals surface area (Å²) in [5, 5.41) is 11.6. The Morgan fingerprint density at radius 3 is 2.52 bits per heavy atom. The fourth-order valence-corrected chi connectivity index (χ4v) is 3.76. The maximum absolute atomic E-state index is 14.2. The third kappa shape index (κ3) is 3.78. The number of anilines is 1. The number of amides is 1. The van der Waals surface area contributed by atoms with E-state index in [1.165, 1.54) is 6.07 Å². The molecule has 0 aliphatic heterocycles. The Morgan fingerprint density at radius 1 is 1.14 bits per heavy atom. The number of hydrogen-bond donors (Lipinski definition) is 2. The van der Waals surface area contributed by atoms with Crippen molar-refractivity contribution in [3.63, 3.8) is 0 Å². The van der Waals surface area contributed by atoms with E-state index in [9.17, 15) is 9.18 Å². The fraction of sp³-hybridized carbons (Fsp3) is 0.286. The Labute approximate surface area is 167 Å². The van der Waals surface area contributed by atoms with Crippen molar-refractivity contribution in [2.45, 2.75) is 30.6 Å². The molecule has 0 radical (unpaired) electrons. The lowest BCUT2D eigenvalue weighted by atomic mass is 9.66. The van der Waals surface area contributed by atoms with E-state index in [1.807, 2.05) is 0 Å². The van der Waals surface area contributed by atoms with Crippen LogP contribution in [0.4, 0.5) is 10.2 Å². The highest BCUT2D eigenvalue weighted by Crippen LogP contribution is 2.43. The molecule has 0 spiro atoms. The van der Waals surface area contributed by atoms with Crippen LogP contribution in [0.15, 0.2) is 55.0 Å². The van der Waals surface area contributed by atoms with Crippen LogP contribution in [0.2, 0.25) is 0 Å². The van der Waals surface area contributed by atoms with Crippen molar-refractivity contribution >= 4 is 11.7 Å². The minimum absolute atomic E-state index is 0.280. The van der Waals surface area contributed by atoms with Gasteiger partial charge in [0.15, 0.2) is 0 Å². The number of carbonyl (C=O) groups is 1. The molecular formula is C21H21FN6O. The second-order valence-electron chi connectivity index (χ2n) is 7.28. The molecule has 0 saturated heterocycles. The Bertz CT molecular complexity index is 992. The van der Waals surface area contributed by atoms with Gasteiger partial charge in [0.1, 0.15) is 17.6 Å². The zero-order valence-electron chi connectivity index (χ0n) is 15.8. The zero-order chi connectivity index (χ0) is 20.3. The summed E-state index contributed by atoms with van der Waals surface area (Å²) in [5.74, 6) is -0.934. The molecule has 3 aromatic rings. The first kappa shape index (κ1) is 18.9. The molecule has 4 rings (SSSR count). The van der Waals surface area contributed by atoms with E-state index in [1.54, 1.807) is 48.9 Å². The standard InChI is InChI=1S/C21H21FN6O/c22-15-3-1-10-25-19(15)21(8-2-9-21)13-26-17-5-4-16(27-28-17)18(20(23)29)14-6-11-24-12-7-14/h1,3-7,10-12,18H,2,8-9,13H2,(H2,23,29)(H,26,28). The van der Waals surface area contributed by atoms with E-state index in [4.69, 9.17) is 5.73 Å². The van der Waals surface area contributed by atoms with Gasteiger partial charge in [-0.3, -0.25) is 14.8 Å². The number of nitrogens with one attached hydrogen (secondary N) is 1. The van der Waals surface area contributed by atoms with Gasteiger partial charge in [0, 0.05) is 30.6 Å². The minimum Gasteiger partial charge on any atom is -0.369 e. The molecule has 1 unspecified atom stereocenters. The molecule has 148 valence electrons. The SMILES string of the molecule is NC(=O)C(c1ccncc1)c1ccc(NCC2(c3ncccc3F)CCC2)nn1. The third-order valence-electron chi connectivity index (χ3n) is 5.48. The van der Waals surface area contributed by atoms with Crippen LogP contribution in [0, 0.1) is 5.82 Å². The highest BCUT2D eigenvalue weighted by molar-refractivity contribution is 5.85. The highest BCUT2D eigenvalue weighted by Gasteiger charge is 2.41. The number of nitrogens with zero attached hydrogens (tertiary/aromatic N) is 4. The Balaban J connectivity index is 1.50. The van der Waals surface area contributed by atoms with Gasteiger partial charge in [-0.25, -0.2) is 4.39 Å². The third-order valence-corrected chi connectivity index (χ3v) is 5.48. The van der Waals surface area contributed by atoms with Crippen molar-refractivity contribution in [3.05, 3.63) is 77.8 Å². The number of aromatic nitrogens is 4. The summed E-state index contributed by atoms with van der Waals surface area (Å²) in [5.41, 5.74) is 6.91. The van der Waals surface area contributed by atoms with Crippen LogP contribution in [0.1, 0.15) is 42.1 Å². The minimum atomic E-state index is -0.694. The monoisotopic (exact) mass is 392 g/mol. The quantitative estimate of drug-likeness (QED) is 0.640. The maximum atomic E-state index is 14.2. The normalized spacial score (nSPS) is 15.9. The van der Waals surface area contributed by atoms with E-state index in [0.29, 0.717) is 29.3 Å². The number of rotatable bonds is 7. The summed E-state index contributed by atoms with van der Waals surface area (Å²) >= 11 is 0. The van der Waals surface area contributed by atoms with Gasteiger partial charge in [-0.2, -0.15) is 5.10 Å². The van der Waals surface area contributed by atoms with Crippen molar-refractivity contribution in [1.82, 2.24) is 20.2 Å². The van der Waals surface area contributed by atoms with Crippen molar-refractivity contribution in [1.29, 1.82) is 0 Å². The molecule has 1 saturated carbocycles. The van der Waals surface area contributed by atoms with E-state index < -0.39 is 11.8 Å². The maximum Gasteiger partial charge on any atom is 0.231 e. The average Bonchev–Trinajstić information content (AvgIpc) is 2.70. The van der Waals surface area contributed by atoms with Crippen molar-refractivity contribution in [3.8, 4) is 0 Å². The number of halogens is 1. The molecule has 1 amide bonds. The van der Waals surface area contributed by atoms with Crippen LogP contribution < -0.4 is 11.1 Å². The summed E-state index contributed by atoms with van der Waals surface area (Å²) in [4.78, 5) is 20.2. The van der Waals surface area contributed by atoms with Crippen molar-refractivity contribution in [2.75, 3.05) is 11.9 Å². The van der Waals surface area contributed by atoms with Crippen molar-refractivity contribution < 1.29 is 9.18 Å². The summed E-state index contributed by atoms with van der Waals surface area (Å²) in [6.07, 6.45) is 7.59. The molecule has 29 heavy (non-hydrogen) atoms. The van der Waals surface area contributed by atoms with Gasteiger partial charge < -0.3 is 11.1 Å². The summed E-state index contributed by atoms with van der Waals surface area (Å²) < 4.78 is 14.2. The molecule has 3 aromatic heterocycles. The molecule has 7 nitrogen and oxygen atoms in total. The Morgan fingerprint density at radius 2 is 1.93 bits per heavy atom. The van der Waals surface area contributed by atoms with Crippen LogP contribution in [-0.4, -0.2) is 32.6 Å². The van der Waals surface area contributed by atoms with Gasteiger partial charge >= 0.3 is 0 Å². The number of pyridine rings is 2. The Hall–Kier alpha value is -3.42. The molecule has 1 aliphatic carbocycles. The van der Waals surface area contributed by atoms with Gasteiger partial charge in [-0.15, -0.1) is 5.10 Å². The summed E-state index contributed by atoms with van der Waals surface area (Å²) in [6, 6.07) is 9.97. The van der Waals surface area contributed by atoms with Gasteiger partial charge in [0.25, 0.3) is 0 Å². The summed E-state index contributed by atoms with van der Waals surface area (Å²) in [6.45, 7) is 0.512. The molecule has 0 bridgehead atoms. The number of nitrogens with two attached hydrogens (primary N) is 1. The summed E-state index contributed by atoms with van der Waals surface area (Å²) in [7, 11) is 0. The molecule has 3 heterocycles. The van der Waals surface area contributed by atoms with Crippen LogP contribution in [0.25, 0.3) is 0 Å². The smallest absolute Gasteiger partial charge is 0.231 e. The van der Waals surface area contributed by atoms with E-state index >= 15 is 0 Å². The number of primary amides is 1. The van der Waals surface area contributed by atoms with Gasteiger partial charge in [0.2, 0.25) is 5.91 Å². The van der Waals surface area contributed by atoms with Gasteiger partial charge in [0.05, 0.1) is 11.4 Å². The van der Waals surface area contributed by atoms with Crippen molar-refractivity contribution in [2.24, 2.45) is 5.73 Å². The average molecular weight is 392 g/mol. The van der Waals surface area contributed by atoms with Gasteiger partial charge in [-0.05, 0) is 54.8 Å². The lowest BCUT2D eigenvalue weighted by molar-refractivity contribution is -0.118. The van der Waals surface area contributed by atoms with E-state index in [2.05, 4.69) is 25.5 Å². The zero-order valence-corrected chi connectivity index (χ0v) is 15.8. The molecule has 8 heteroatoms. The van der Waals surface area contributed by atoms with Crippen LogP contribution >= 0.6 is 0 Å². The number of hydrogen-bond acceptors (Lipinski definition) is 6. The van der Waals surface area contributed by atoms with Crippen LogP contribution in [0.3, 0.4) is 0 Å². The molecule has 0 aromatic carbocycles.